The monoisotopic (exact) mass is 276 g/mol. The van der Waals surface area contributed by atoms with Gasteiger partial charge in [-0.3, -0.25) is 9.48 Å². The molecule has 106 valence electrons. The fourth-order valence-electron chi connectivity index (χ4n) is 2.12. The van der Waals surface area contributed by atoms with Gasteiger partial charge in [-0.25, -0.2) is 9.37 Å². The molecule has 1 N–H and O–H groups in total. The second-order valence-electron chi connectivity index (χ2n) is 4.61. The van der Waals surface area contributed by atoms with Crippen molar-refractivity contribution in [1.29, 1.82) is 0 Å². The van der Waals surface area contributed by atoms with Crippen molar-refractivity contribution in [3.8, 4) is 0 Å². The third kappa shape index (κ3) is 2.84. The molecule has 0 spiro atoms. The first-order chi connectivity index (χ1) is 9.50. The van der Waals surface area contributed by atoms with Gasteiger partial charge in [-0.05, 0) is 38.0 Å². The molecular weight excluding hydrogens is 259 g/mol. The Balaban J connectivity index is 1.97. The summed E-state index contributed by atoms with van der Waals surface area (Å²) in [4.78, 5) is 15.5. The van der Waals surface area contributed by atoms with Crippen LogP contribution in [0.2, 0.25) is 0 Å². The Labute approximate surface area is 116 Å². The highest BCUT2D eigenvalue weighted by molar-refractivity contribution is 5.92. The van der Waals surface area contributed by atoms with Gasteiger partial charge in [0.1, 0.15) is 0 Å². The van der Waals surface area contributed by atoms with Crippen LogP contribution >= 0.6 is 0 Å². The zero-order chi connectivity index (χ0) is 14.7. The Kier molecular flexibility index (Phi) is 4.12. The highest BCUT2D eigenvalue weighted by atomic mass is 19.1. The molecule has 2 aromatic heterocycles. The van der Waals surface area contributed by atoms with Crippen LogP contribution in [0.5, 0.6) is 0 Å². The number of hydrogen-bond donors (Lipinski definition) is 1. The molecule has 2 aromatic rings. The van der Waals surface area contributed by atoms with Crippen molar-refractivity contribution >= 4 is 5.91 Å². The van der Waals surface area contributed by atoms with Gasteiger partial charge in [-0.1, -0.05) is 0 Å². The predicted octanol–water partition coefficient (Wildman–Crippen LogP) is 1.54. The Morgan fingerprint density at radius 1 is 1.45 bits per heavy atom. The van der Waals surface area contributed by atoms with E-state index < -0.39 is 11.7 Å². The minimum atomic E-state index is -0.612. The van der Waals surface area contributed by atoms with E-state index in [1.165, 1.54) is 18.3 Å². The van der Waals surface area contributed by atoms with E-state index >= 15 is 0 Å². The summed E-state index contributed by atoms with van der Waals surface area (Å²) in [6.07, 6.45) is 2.05. The number of carbonyl (C=O) groups excluding carboxylic acids is 1. The first-order valence-corrected chi connectivity index (χ1v) is 6.38. The lowest BCUT2D eigenvalue weighted by molar-refractivity contribution is 0.0944. The van der Waals surface area contributed by atoms with Gasteiger partial charge >= 0.3 is 0 Å². The van der Waals surface area contributed by atoms with E-state index in [9.17, 15) is 9.18 Å². The second-order valence-corrected chi connectivity index (χ2v) is 4.61. The van der Waals surface area contributed by atoms with Crippen molar-refractivity contribution in [2.45, 2.75) is 20.3 Å². The summed E-state index contributed by atoms with van der Waals surface area (Å²) in [5, 5.41) is 6.99. The van der Waals surface area contributed by atoms with Crippen LogP contribution in [-0.2, 0) is 13.5 Å². The molecule has 0 radical (unpaired) electrons. The molecule has 0 fully saturated rings. The minimum Gasteiger partial charge on any atom is -0.350 e. The molecule has 0 aliphatic carbocycles. The van der Waals surface area contributed by atoms with E-state index in [0.29, 0.717) is 13.0 Å². The lowest BCUT2D eigenvalue weighted by Gasteiger charge is -2.06. The van der Waals surface area contributed by atoms with Crippen molar-refractivity contribution in [1.82, 2.24) is 20.1 Å². The molecule has 6 heteroatoms. The Morgan fingerprint density at radius 2 is 2.20 bits per heavy atom. The Hall–Kier alpha value is -2.24. The number of hydrogen-bond acceptors (Lipinski definition) is 3. The number of aromatic nitrogens is 3. The third-order valence-corrected chi connectivity index (χ3v) is 3.29. The van der Waals surface area contributed by atoms with Gasteiger partial charge in [0.15, 0.2) is 11.5 Å². The molecule has 0 unspecified atom stereocenters. The van der Waals surface area contributed by atoms with Gasteiger partial charge in [0.25, 0.3) is 5.91 Å². The van der Waals surface area contributed by atoms with Crippen molar-refractivity contribution in [2.75, 3.05) is 6.54 Å². The number of carbonyl (C=O) groups is 1. The van der Waals surface area contributed by atoms with Gasteiger partial charge in [-0.2, -0.15) is 5.10 Å². The van der Waals surface area contributed by atoms with Crippen LogP contribution < -0.4 is 5.32 Å². The first-order valence-electron chi connectivity index (χ1n) is 6.38. The van der Waals surface area contributed by atoms with Gasteiger partial charge in [0.2, 0.25) is 0 Å². The van der Waals surface area contributed by atoms with Gasteiger partial charge in [0.05, 0.1) is 5.69 Å². The smallest absolute Gasteiger partial charge is 0.272 e. The maximum absolute atomic E-state index is 13.4. The normalized spacial score (nSPS) is 10.6. The number of amides is 1. The van der Waals surface area contributed by atoms with Gasteiger partial charge in [-0.15, -0.1) is 0 Å². The van der Waals surface area contributed by atoms with Crippen LogP contribution in [0.15, 0.2) is 18.3 Å². The summed E-state index contributed by atoms with van der Waals surface area (Å²) in [5.41, 5.74) is 2.95. The lowest BCUT2D eigenvalue weighted by atomic mass is 10.1. The number of aryl methyl sites for hydroxylation is 2. The molecule has 20 heavy (non-hydrogen) atoms. The molecule has 5 nitrogen and oxygen atoms in total. The standard InChI is InChI=1S/C14H17FN4O/c1-9-11(10(2)19(3)18-9)6-8-17-14(20)13-12(15)5-4-7-16-13/h4-5,7H,6,8H2,1-3H3,(H,17,20). The summed E-state index contributed by atoms with van der Waals surface area (Å²) < 4.78 is 15.2. The predicted molar refractivity (Wildman–Crippen MR) is 72.9 cm³/mol. The van der Waals surface area contributed by atoms with E-state index in [1.54, 1.807) is 0 Å². The van der Waals surface area contributed by atoms with Crippen LogP contribution in [0.3, 0.4) is 0 Å². The summed E-state index contributed by atoms with van der Waals surface area (Å²) in [7, 11) is 1.88. The van der Waals surface area contributed by atoms with E-state index in [0.717, 1.165) is 17.0 Å². The van der Waals surface area contributed by atoms with E-state index in [-0.39, 0.29) is 5.69 Å². The van der Waals surface area contributed by atoms with Crippen LogP contribution in [0.25, 0.3) is 0 Å². The number of nitrogens with one attached hydrogen (secondary N) is 1. The SMILES string of the molecule is Cc1nn(C)c(C)c1CCNC(=O)c1ncccc1F. The van der Waals surface area contributed by atoms with Crippen LogP contribution in [0, 0.1) is 19.7 Å². The molecule has 0 aromatic carbocycles. The zero-order valence-corrected chi connectivity index (χ0v) is 11.8. The average Bonchev–Trinajstić information content (AvgIpc) is 2.65. The van der Waals surface area contributed by atoms with Crippen molar-refractivity contribution < 1.29 is 9.18 Å². The fraction of sp³-hybridized carbons (Fsp3) is 0.357. The second kappa shape index (κ2) is 5.81. The maximum Gasteiger partial charge on any atom is 0.272 e. The molecule has 0 saturated heterocycles. The molecule has 0 saturated carbocycles. The summed E-state index contributed by atoms with van der Waals surface area (Å²) >= 11 is 0. The van der Waals surface area contributed by atoms with E-state index in [2.05, 4.69) is 15.4 Å². The van der Waals surface area contributed by atoms with Crippen molar-refractivity contribution in [2.24, 2.45) is 7.05 Å². The largest absolute Gasteiger partial charge is 0.350 e. The van der Waals surface area contributed by atoms with Crippen molar-refractivity contribution in [3.63, 3.8) is 0 Å². The summed E-state index contributed by atoms with van der Waals surface area (Å²) in [5.74, 6) is -1.11. The molecule has 0 aliphatic heterocycles. The van der Waals surface area contributed by atoms with Crippen LogP contribution in [0.1, 0.15) is 27.4 Å². The topological polar surface area (TPSA) is 59.8 Å². The van der Waals surface area contributed by atoms with Crippen LogP contribution in [-0.4, -0.2) is 27.2 Å². The van der Waals surface area contributed by atoms with E-state index in [1.807, 2.05) is 25.6 Å². The molecular formula is C14H17FN4O. The minimum absolute atomic E-state index is 0.174. The lowest BCUT2D eigenvalue weighted by Crippen LogP contribution is -2.27. The fourth-order valence-corrected chi connectivity index (χ4v) is 2.12. The third-order valence-electron chi connectivity index (χ3n) is 3.29. The highest BCUT2D eigenvalue weighted by Crippen LogP contribution is 2.12. The van der Waals surface area contributed by atoms with Gasteiger partial charge < -0.3 is 5.32 Å². The Morgan fingerprint density at radius 3 is 2.80 bits per heavy atom. The molecule has 2 rings (SSSR count). The van der Waals surface area contributed by atoms with Gasteiger partial charge in [0, 0.05) is 25.5 Å². The zero-order valence-electron chi connectivity index (χ0n) is 11.8. The first kappa shape index (κ1) is 14.2. The maximum atomic E-state index is 13.4. The van der Waals surface area contributed by atoms with E-state index in [4.69, 9.17) is 0 Å². The quantitative estimate of drug-likeness (QED) is 0.921. The molecule has 2 heterocycles. The Bertz CT molecular complexity index is 636. The number of rotatable bonds is 4. The number of pyridine rings is 1. The molecule has 1 amide bonds. The molecule has 0 atom stereocenters. The number of halogens is 1. The molecule has 0 bridgehead atoms. The summed E-state index contributed by atoms with van der Waals surface area (Å²) in [6.45, 7) is 4.33. The average molecular weight is 276 g/mol. The number of nitrogens with zero attached hydrogens (tertiary/aromatic N) is 3. The van der Waals surface area contributed by atoms with Crippen LogP contribution in [0.4, 0.5) is 4.39 Å². The summed E-state index contributed by atoms with van der Waals surface area (Å²) in [6, 6.07) is 2.67. The molecule has 0 aliphatic rings. The van der Waals surface area contributed by atoms with Crippen molar-refractivity contribution in [3.05, 3.63) is 46.8 Å². The highest BCUT2D eigenvalue weighted by Gasteiger charge is 2.13.